The molecule has 0 unspecified atom stereocenters. The Bertz CT molecular complexity index is 593. The number of amides is 1. The van der Waals surface area contributed by atoms with E-state index in [1.807, 2.05) is 13.0 Å². The van der Waals surface area contributed by atoms with Crippen LogP contribution in [0.15, 0.2) is 12.1 Å². The van der Waals surface area contributed by atoms with E-state index in [1.54, 1.807) is 6.07 Å². The third-order valence-corrected chi connectivity index (χ3v) is 4.62. The number of nitrogens with zero attached hydrogens (tertiary/aromatic N) is 1. The van der Waals surface area contributed by atoms with Gasteiger partial charge in [0, 0.05) is 31.1 Å². The first kappa shape index (κ1) is 18.6. The topological polar surface area (TPSA) is 72.8 Å². The number of aromatic hydroxyl groups is 2. The van der Waals surface area contributed by atoms with Gasteiger partial charge in [0.05, 0.1) is 0 Å². The predicted octanol–water partition coefficient (Wildman–Crippen LogP) is 2.89. The number of phenolic OH excluding ortho intramolecular Hbond substituents is 2. The zero-order valence-electron chi connectivity index (χ0n) is 15.2. The maximum absolute atomic E-state index is 11.6. The molecule has 1 atom stereocenters. The molecule has 5 heteroatoms. The van der Waals surface area contributed by atoms with Crippen molar-refractivity contribution in [2.24, 2.45) is 0 Å². The molecule has 0 spiro atoms. The normalized spacial score (nSPS) is 19.2. The Morgan fingerprint density at radius 1 is 1.33 bits per heavy atom. The molecular formula is C19H30N2O3. The average Bonchev–Trinajstić information content (AvgIpc) is 2.50. The third-order valence-electron chi connectivity index (χ3n) is 4.62. The van der Waals surface area contributed by atoms with Crippen molar-refractivity contribution < 1.29 is 15.0 Å². The van der Waals surface area contributed by atoms with E-state index in [4.69, 9.17) is 0 Å². The molecule has 1 aliphatic heterocycles. The van der Waals surface area contributed by atoms with Crippen LogP contribution in [-0.4, -0.2) is 40.2 Å². The summed E-state index contributed by atoms with van der Waals surface area (Å²) in [6.07, 6.45) is 2.50. The Kier molecular flexibility index (Phi) is 5.75. The van der Waals surface area contributed by atoms with E-state index >= 15 is 0 Å². The highest BCUT2D eigenvalue weighted by molar-refractivity contribution is 5.75. The first-order valence-corrected chi connectivity index (χ1v) is 8.77. The van der Waals surface area contributed by atoms with E-state index < -0.39 is 0 Å². The molecule has 0 aliphatic carbocycles. The summed E-state index contributed by atoms with van der Waals surface area (Å²) in [7, 11) is 0. The van der Waals surface area contributed by atoms with E-state index in [2.05, 4.69) is 31.0 Å². The van der Waals surface area contributed by atoms with Crippen molar-refractivity contribution in [3.63, 3.8) is 0 Å². The smallest absolute Gasteiger partial charge is 0.219 e. The number of hydrogen-bond donors (Lipinski definition) is 3. The van der Waals surface area contributed by atoms with Gasteiger partial charge in [0.1, 0.15) is 0 Å². The maximum Gasteiger partial charge on any atom is 0.219 e. The summed E-state index contributed by atoms with van der Waals surface area (Å²) in [5.41, 5.74) is 1.64. The summed E-state index contributed by atoms with van der Waals surface area (Å²) in [6.45, 7) is 10.4. The van der Waals surface area contributed by atoms with Crippen LogP contribution in [0, 0.1) is 0 Å². The summed E-state index contributed by atoms with van der Waals surface area (Å²) in [5, 5.41) is 23.3. The standard InChI is InChI=1S/C19H30N2O3/c1-5-17(23)20-15-7-6-8-21(12-15)11-13-9-14(19(2,3)4)10-16(22)18(13)24/h9-10,15,22,24H,5-8,11-12H2,1-4H3,(H,20,23)/t15-/m0/s1. The van der Waals surface area contributed by atoms with E-state index in [9.17, 15) is 15.0 Å². The van der Waals surface area contributed by atoms with Gasteiger partial charge in [-0.15, -0.1) is 0 Å². The fourth-order valence-corrected chi connectivity index (χ4v) is 3.12. The maximum atomic E-state index is 11.6. The zero-order chi connectivity index (χ0) is 17.9. The molecule has 0 radical (unpaired) electrons. The second kappa shape index (κ2) is 7.43. The number of benzene rings is 1. The second-order valence-electron chi connectivity index (χ2n) is 7.75. The van der Waals surface area contributed by atoms with Gasteiger partial charge >= 0.3 is 0 Å². The molecule has 24 heavy (non-hydrogen) atoms. The highest BCUT2D eigenvalue weighted by Crippen LogP contribution is 2.36. The van der Waals surface area contributed by atoms with Crippen molar-refractivity contribution >= 4 is 5.91 Å². The molecule has 0 aromatic heterocycles. The van der Waals surface area contributed by atoms with Crippen LogP contribution in [0.1, 0.15) is 58.1 Å². The molecule has 5 nitrogen and oxygen atoms in total. The number of rotatable bonds is 4. The van der Waals surface area contributed by atoms with Crippen LogP contribution < -0.4 is 5.32 Å². The van der Waals surface area contributed by atoms with Gasteiger partial charge in [-0.3, -0.25) is 9.69 Å². The van der Waals surface area contributed by atoms with Gasteiger partial charge in [-0.05, 0) is 36.4 Å². The van der Waals surface area contributed by atoms with E-state index in [0.29, 0.717) is 13.0 Å². The van der Waals surface area contributed by atoms with Crippen LogP contribution in [0.4, 0.5) is 0 Å². The molecule has 134 valence electrons. The second-order valence-corrected chi connectivity index (χ2v) is 7.75. The molecule has 2 rings (SSSR count). The Hall–Kier alpha value is -1.75. The summed E-state index contributed by atoms with van der Waals surface area (Å²) >= 11 is 0. The number of hydrogen-bond acceptors (Lipinski definition) is 4. The largest absolute Gasteiger partial charge is 0.504 e. The van der Waals surface area contributed by atoms with Crippen molar-refractivity contribution in [2.45, 2.75) is 65.0 Å². The minimum Gasteiger partial charge on any atom is -0.504 e. The molecule has 0 bridgehead atoms. The quantitative estimate of drug-likeness (QED) is 0.740. The lowest BCUT2D eigenvalue weighted by molar-refractivity contribution is -0.121. The number of carbonyl (C=O) groups is 1. The molecule has 3 N–H and O–H groups in total. The zero-order valence-corrected chi connectivity index (χ0v) is 15.2. The monoisotopic (exact) mass is 334 g/mol. The van der Waals surface area contributed by atoms with Crippen molar-refractivity contribution in [1.82, 2.24) is 10.2 Å². The molecule has 1 amide bonds. The lowest BCUT2D eigenvalue weighted by Gasteiger charge is -2.33. The lowest BCUT2D eigenvalue weighted by Crippen LogP contribution is -2.47. The van der Waals surface area contributed by atoms with Crippen LogP contribution in [0.25, 0.3) is 0 Å². The Balaban J connectivity index is 2.12. The molecule has 1 heterocycles. The first-order valence-electron chi connectivity index (χ1n) is 8.77. The summed E-state index contributed by atoms with van der Waals surface area (Å²) < 4.78 is 0. The molecule has 1 aliphatic rings. The Labute approximate surface area is 144 Å². The molecule has 1 saturated heterocycles. The van der Waals surface area contributed by atoms with Crippen LogP contribution in [-0.2, 0) is 16.8 Å². The minimum atomic E-state index is -0.0978. The van der Waals surface area contributed by atoms with Gasteiger partial charge in [0.15, 0.2) is 11.5 Å². The van der Waals surface area contributed by atoms with Gasteiger partial charge < -0.3 is 15.5 Å². The molecule has 1 fully saturated rings. The van der Waals surface area contributed by atoms with Crippen LogP contribution >= 0.6 is 0 Å². The van der Waals surface area contributed by atoms with Crippen molar-refractivity contribution in [1.29, 1.82) is 0 Å². The number of carbonyl (C=O) groups excluding carboxylic acids is 1. The number of nitrogens with one attached hydrogen (secondary N) is 1. The van der Waals surface area contributed by atoms with E-state index in [-0.39, 0.29) is 28.9 Å². The Morgan fingerprint density at radius 2 is 2.04 bits per heavy atom. The van der Waals surface area contributed by atoms with Crippen molar-refractivity contribution in [3.05, 3.63) is 23.3 Å². The van der Waals surface area contributed by atoms with Gasteiger partial charge in [0.25, 0.3) is 0 Å². The highest BCUT2D eigenvalue weighted by Gasteiger charge is 2.24. The van der Waals surface area contributed by atoms with E-state index in [1.165, 1.54) is 0 Å². The highest BCUT2D eigenvalue weighted by atomic mass is 16.3. The number of piperidine rings is 1. The Morgan fingerprint density at radius 3 is 2.67 bits per heavy atom. The molecule has 1 aromatic carbocycles. The third kappa shape index (κ3) is 4.63. The van der Waals surface area contributed by atoms with Gasteiger partial charge in [-0.25, -0.2) is 0 Å². The minimum absolute atomic E-state index is 0.0392. The van der Waals surface area contributed by atoms with Gasteiger partial charge in [-0.1, -0.05) is 33.8 Å². The molecule has 1 aromatic rings. The number of phenols is 2. The van der Waals surface area contributed by atoms with Crippen molar-refractivity contribution in [3.8, 4) is 11.5 Å². The lowest BCUT2D eigenvalue weighted by atomic mass is 9.85. The molecule has 0 saturated carbocycles. The van der Waals surface area contributed by atoms with Gasteiger partial charge in [-0.2, -0.15) is 0 Å². The number of likely N-dealkylation sites (tertiary alicyclic amines) is 1. The fraction of sp³-hybridized carbons (Fsp3) is 0.632. The summed E-state index contributed by atoms with van der Waals surface area (Å²) in [5.74, 6) is -0.0231. The summed E-state index contributed by atoms with van der Waals surface area (Å²) in [4.78, 5) is 13.8. The SMILES string of the molecule is CCC(=O)N[C@H]1CCCN(Cc2cc(C(C)(C)C)cc(O)c2O)C1. The van der Waals surface area contributed by atoms with Gasteiger partial charge in [0.2, 0.25) is 5.91 Å². The van der Waals surface area contributed by atoms with Crippen molar-refractivity contribution in [2.75, 3.05) is 13.1 Å². The summed E-state index contributed by atoms with van der Waals surface area (Å²) in [6, 6.07) is 3.77. The van der Waals surface area contributed by atoms with Crippen LogP contribution in [0.5, 0.6) is 11.5 Å². The average molecular weight is 334 g/mol. The van der Waals surface area contributed by atoms with Crippen LogP contribution in [0.3, 0.4) is 0 Å². The van der Waals surface area contributed by atoms with Crippen LogP contribution in [0.2, 0.25) is 0 Å². The predicted molar refractivity (Wildman–Crippen MR) is 95.2 cm³/mol. The molecular weight excluding hydrogens is 304 g/mol. The fourth-order valence-electron chi connectivity index (χ4n) is 3.12. The first-order chi connectivity index (χ1) is 11.2. The van der Waals surface area contributed by atoms with E-state index in [0.717, 1.165) is 37.1 Å².